The summed E-state index contributed by atoms with van der Waals surface area (Å²) in [5.74, 6) is 1.17. The number of methoxy groups -OCH3 is 1. The number of benzene rings is 1. The van der Waals surface area contributed by atoms with Gasteiger partial charge in [0.1, 0.15) is 0 Å². The van der Waals surface area contributed by atoms with Gasteiger partial charge in [0.05, 0.1) is 13.0 Å². The summed E-state index contributed by atoms with van der Waals surface area (Å²) in [4.78, 5) is 22.3. The largest absolute Gasteiger partial charge is 0.469 e. The van der Waals surface area contributed by atoms with Crippen LogP contribution in [0.3, 0.4) is 0 Å². The molecule has 0 bridgehead atoms. The van der Waals surface area contributed by atoms with Crippen molar-refractivity contribution in [2.75, 3.05) is 7.11 Å². The molecule has 1 fully saturated rings. The van der Waals surface area contributed by atoms with E-state index < -0.39 is 0 Å². The first kappa shape index (κ1) is 20.9. The minimum absolute atomic E-state index is 0.00967. The van der Waals surface area contributed by atoms with Crippen molar-refractivity contribution in [1.29, 1.82) is 0 Å². The van der Waals surface area contributed by atoms with E-state index in [1.165, 1.54) is 26.4 Å². The smallest absolute Gasteiger partial charge is 0.308 e. The number of hydrogen-bond acceptors (Lipinski definition) is 3. The lowest BCUT2D eigenvalue weighted by Crippen LogP contribution is -2.22. The first-order chi connectivity index (χ1) is 11.4. The topological polar surface area (TPSA) is 43.4 Å². The van der Waals surface area contributed by atoms with Crippen LogP contribution in [0, 0.1) is 11.8 Å². The Morgan fingerprint density at radius 3 is 2.21 bits per heavy atom. The monoisotopic (exact) mass is 396 g/mol. The Balaban J connectivity index is 0.000000240. The number of ether oxygens (including phenoxy) is 1. The second-order valence-electron chi connectivity index (χ2n) is 6.32. The van der Waals surface area contributed by atoms with Crippen molar-refractivity contribution in [3.05, 3.63) is 33.8 Å². The fourth-order valence-electron chi connectivity index (χ4n) is 3.22. The van der Waals surface area contributed by atoms with E-state index in [2.05, 4.69) is 22.9 Å². The van der Waals surface area contributed by atoms with Gasteiger partial charge in [0.15, 0.2) is 5.78 Å². The summed E-state index contributed by atoms with van der Waals surface area (Å²) in [6, 6.07) is 5.72. The third-order valence-corrected chi connectivity index (χ3v) is 5.55. The molecule has 0 amide bonds. The Bertz CT molecular complexity index is 546. The van der Waals surface area contributed by atoms with Crippen LogP contribution in [0.25, 0.3) is 0 Å². The molecule has 0 radical (unpaired) electrons. The Labute approximate surface area is 154 Å². The average Bonchev–Trinajstić information content (AvgIpc) is 2.61. The van der Waals surface area contributed by atoms with Crippen LogP contribution in [-0.4, -0.2) is 18.9 Å². The fraction of sp³-hybridized carbons (Fsp3) is 0.600. The summed E-state index contributed by atoms with van der Waals surface area (Å²) < 4.78 is 5.75. The number of ketones is 1. The Morgan fingerprint density at radius 2 is 1.79 bits per heavy atom. The van der Waals surface area contributed by atoms with Crippen LogP contribution < -0.4 is 0 Å². The van der Waals surface area contributed by atoms with E-state index in [9.17, 15) is 9.59 Å². The minimum Gasteiger partial charge on any atom is -0.469 e. The molecule has 0 spiro atoms. The maximum absolute atomic E-state index is 11.2. The summed E-state index contributed by atoms with van der Waals surface area (Å²) in [6.07, 6.45) is 6.62. The van der Waals surface area contributed by atoms with Gasteiger partial charge in [0, 0.05) is 10.0 Å². The molecule has 1 aromatic rings. The first-order valence-electron chi connectivity index (χ1n) is 8.80. The highest BCUT2D eigenvalue weighted by Gasteiger charge is 2.25. The molecule has 0 heterocycles. The molecule has 0 atom stereocenters. The number of halogens is 1. The summed E-state index contributed by atoms with van der Waals surface area (Å²) >= 11 is 3.42. The van der Waals surface area contributed by atoms with Gasteiger partial charge in [-0.15, -0.1) is 0 Å². The van der Waals surface area contributed by atoms with Crippen molar-refractivity contribution in [3.8, 4) is 0 Å². The first-order valence-corrected chi connectivity index (χ1v) is 9.59. The van der Waals surface area contributed by atoms with Gasteiger partial charge >= 0.3 is 5.97 Å². The van der Waals surface area contributed by atoms with Crippen molar-refractivity contribution < 1.29 is 14.3 Å². The minimum atomic E-state index is -0.00967. The third-order valence-electron chi connectivity index (χ3n) is 4.81. The Morgan fingerprint density at radius 1 is 1.17 bits per heavy atom. The second kappa shape index (κ2) is 10.7. The van der Waals surface area contributed by atoms with E-state index in [1.54, 1.807) is 6.92 Å². The molecule has 1 aliphatic rings. The Kier molecular flexibility index (Phi) is 9.27. The van der Waals surface area contributed by atoms with E-state index in [0.29, 0.717) is 0 Å². The lowest BCUT2D eigenvalue weighted by atomic mass is 9.81. The molecular weight excluding hydrogens is 368 g/mol. The summed E-state index contributed by atoms with van der Waals surface area (Å²) in [7, 11) is 1.48. The Hall–Kier alpha value is -1.16. The zero-order chi connectivity index (χ0) is 18.1. The van der Waals surface area contributed by atoms with Crippen LogP contribution in [0.1, 0.15) is 68.8 Å². The van der Waals surface area contributed by atoms with Crippen LogP contribution in [0.15, 0.2) is 22.7 Å². The molecule has 1 saturated carbocycles. The highest BCUT2D eigenvalue weighted by Crippen LogP contribution is 2.31. The number of hydrogen-bond donors (Lipinski definition) is 0. The molecule has 3 nitrogen and oxygen atoms in total. The van der Waals surface area contributed by atoms with Gasteiger partial charge in [0.2, 0.25) is 0 Å². The van der Waals surface area contributed by atoms with E-state index in [0.717, 1.165) is 40.8 Å². The number of carbonyl (C=O) groups is 2. The van der Waals surface area contributed by atoms with Gasteiger partial charge in [0.25, 0.3) is 0 Å². The van der Waals surface area contributed by atoms with E-state index in [1.807, 2.05) is 25.1 Å². The maximum Gasteiger partial charge on any atom is 0.308 e. The van der Waals surface area contributed by atoms with Gasteiger partial charge in [-0.05, 0) is 56.6 Å². The molecule has 4 heteroatoms. The summed E-state index contributed by atoms with van der Waals surface area (Å²) in [5, 5.41) is 0. The predicted molar refractivity (Wildman–Crippen MR) is 101 cm³/mol. The van der Waals surface area contributed by atoms with Crippen LogP contribution >= 0.6 is 15.9 Å². The van der Waals surface area contributed by atoms with Gasteiger partial charge in [-0.25, -0.2) is 0 Å². The highest BCUT2D eigenvalue weighted by molar-refractivity contribution is 9.10. The lowest BCUT2D eigenvalue weighted by Gasteiger charge is -2.25. The summed E-state index contributed by atoms with van der Waals surface area (Å²) in [6.45, 7) is 5.87. The lowest BCUT2D eigenvalue weighted by molar-refractivity contribution is -0.146. The maximum atomic E-state index is 11.2. The second-order valence-corrected chi connectivity index (χ2v) is 7.18. The number of esters is 1. The summed E-state index contributed by atoms with van der Waals surface area (Å²) in [5.41, 5.74) is 1.93. The molecule has 0 aromatic heterocycles. The van der Waals surface area contributed by atoms with Gasteiger partial charge in [-0.2, -0.15) is 0 Å². The quantitative estimate of drug-likeness (QED) is 0.491. The normalized spacial score (nSPS) is 19.9. The molecule has 0 aliphatic heterocycles. The standard InChI is InChI=1S/C10H11BrO.C10H18O2/c1-3-8-9(7(2)12)5-4-6-10(8)11;1-3-8-4-6-9(7-5-8)10(11)12-2/h4-6H,3H2,1-2H3;8-9H,3-7H2,1-2H3. The predicted octanol–water partition coefficient (Wildman–Crippen LogP) is 5.59. The molecule has 1 aliphatic carbocycles. The third kappa shape index (κ3) is 6.04. The zero-order valence-electron chi connectivity index (χ0n) is 15.2. The van der Waals surface area contributed by atoms with Crippen molar-refractivity contribution in [2.24, 2.45) is 11.8 Å². The molecule has 0 unspecified atom stereocenters. The van der Waals surface area contributed by atoms with Gasteiger partial charge in [-0.1, -0.05) is 48.3 Å². The number of Topliss-reactive ketones (excluding diaryl/α,β-unsaturated/α-hetero) is 1. The molecular formula is C20H29BrO3. The number of rotatable bonds is 4. The fourth-order valence-corrected chi connectivity index (χ4v) is 3.87. The van der Waals surface area contributed by atoms with Crippen molar-refractivity contribution in [3.63, 3.8) is 0 Å². The average molecular weight is 397 g/mol. The van der Waals surface area contributed by atoms with Crippen LogP contribution in [0.5, 0.6) is 0 Å². The van der Waals surface area contributed by atoms with Crippen LogP contribution in [0.4, 0.5) is 0 Å². The van der Waals surface area contributed by atoms with Crippen LogP contribution in [-0.2, 0) is 16.0 Å². The number of carbonyl (C=O) groups excluding carboxylic acids is 2. The van der Waals surface area contributed by atoms with E-state index >= 15 is 0 Å². The SMILES string of the molecule is CCC1CCC(C(=O)OC)CC1.CCc1c(Br)cccc1C(C)=O. The van der Waals surface area contributed by atoms with Crippen LogP contribution in [0.2, 0.25) is 0 Å². The van der Waals surface area contributed by atoms with Crippen molar-refractivity contribution >= 4 is 27.7 Å². The zero-order valence-corrected chi connectivity index (χ0v) is 16.8. The van der Waals surface area contributed by atoms with Crippen molar-refractivity contribution in [2.45, 2.75) is 59.3 Å². The molecule has 0 saturated heterocycles. The molecule has 2 rings (SSSR count). The molecule has 24 heavy (non-hydrogen) atoms. The van der Waals surface area contributed by atoms with Gasteiger partial charge in [-0.3, -0.25) is 9.59 Å². The molecule has 134 valence electrons. The van der Waals surface area contributed by atoms with Crippen molar-refractivity contribution in [1.82, 2.24) is 0 Å². The molecule has 1 aromatic carbocycles. The molecule has 0 N–H and O–H groups in total. The van der Waals surface area contributed by atoms with E-state index in [4.69, 9.17) is 4.74 Å². The van der Waals surface area contributed by atoms with E-state index in [-0.39, 0.29) is 17.7 Å². The highest BCUT2D eigenvalue weighted by atomic mass is 79.9. The van der Waals surface area contributed by atoms with Gasteiger partial charge < -0.3 is 4.74 Å².